The molecular formula is C8H18O5. The molecule has 0 bridgehead atoms. The Bertz CT molecular complexity index is 130. The van der Waals surface area contributed by atoms with E-state index in [1.54, 1.807) is 6.92 Å². The second-order valence-corrected chi connectivity index (χ2v) is 2.92. The maximum Gasteiger partial charge on any atom is 0.114 e. The topological polar surface area (TPSA) is 90.2 Å². The summed E-state index contributed by atoms with van der Waals surface area (Å²) in [5, 5.41) is 36.5. The van der Waals surface area contributed by atoms with Crippen molar-refractivity contribution in [3.63, 3.8) is 0 Å². The van der Waals surface area contributed by atoms with Crippen molar-refractivity contribution in [3.05, 3.63) is 0 Å². The average molecular weight is 194 g/mol. The summed E-state index contributed by atoms with van der Waals surface area (Å²) in [4.78, 5) is 0. The van der Waals surface area contributed by atoms with Crippen molar-refractivity contribution >= 4 is 0 Å². The van der Waals surface area contributed by atoms with Crippen molar-refractivity contribution in [2.75, 3.05) is 13.7 Å². The zero-order valence-electron chi connectivity index (χ0n) is 7.92. The molecule has 0 spiro atoms. The highest BCUT2D eigenvalue weighted by molar-refractivity contribution is 4.81. The molecule has 0 heterocycles. The second-order valence-electron chi connectivity index (χ2n) is 2.92. The summed E-state index contributed by atoms with van der Waals surface area (Å²) in [6.07, 6.45) is -3.91. The maximum atomic E-state index is 9.43. The summed E-state index contributed by atoms with van der Waals surface area (Å²) in [5.74, 6) is 0. The van der Waals surface area contributed by atoms with Crippen LogP contribution < -0.4 is 0 Å². The number of ether oxygens (including phenoxy) is 1. The Morgan fingerprint density at radius 2 is 1.69 bits per heavy atom. The maximum absolute atomic E-state index is 9.43. The van der Waals surface area contributed by atoms with Crippen molar-refractivity contribution in [2.45, 2.75) is 37.8 Å². The van der Waals surface area contributed by atoms with E-state index in [0.717, 1.165) is 0 Å². The summed E-state index contributed by atoms with van der Waals surface area (Å²) in [6, 6.07) is 0. The first-order chi connectivity index (χ1) is 6.08. The van der Waals surface area contributed by atoms with Gasteiger partial charge in [-0.05, 0) is 6.42 Å². The molecule has 0 aliphatic carbocycles. The summed E-state index contributed by atoms with van der Waals surface area (Å²) >= 11 is 0. The molecule has 5 nitrogen and oxygen atoms in total. The van der Waals surface area contributed by atoms with Gasteiger partial charge in [0.05, 0.1) is 12.7 Å². The fraction of sp³-hybridized carbons (Fsp3) is 1.00. The molecule has 0 fully saturated rings. The minimum Gasteiger partial charge on any atom is -0.394 e. The van der Waals surface area contributed by atoms with Crippen molar-refractivity contribution in [2.24, 2.45) is 0 Å². The Balaban J connectivity index is 4.21. The Hall–Kier alpha value is -0.200. The monoisotopic (exact) mass is 194 g/mol. The molecule has 0 amide bonds. The summed E-state index contributed by atoms with van der Waals surface area (Å²) in [6.45, 7) is 1.19. The molecule has 80 valence electrons. The number of aliphatic hydroxyl groups excluding tert-OH is 4. The molecule has 0 saturated heterocycles. The van der Waals surface area contributed by atoms with Crippen molar-refractivity contribution in [1.29, 1.82) is 0 Å². The van der Waals surface area contributed by atoms with Crippen LogP contribution in [-0.4, -0.2) is 58.6 Å². The third-order valence-corrected chi connectivity index (χ3v) is 1.99. The first-order valence-electron chi connectivity index (χ1n) is 4.26. The van der Waals surface area contributed by atoms with Crippen LogP contribution >= 0.6 is 0 Å². The molecule has 0 aliphatic heterocycles. The fourth-order valence-electron chi connectivity index (χ4n) is 1.09. The first-order valence-corrected chi connectivity index (χ1v) is 4.26. The van der Waals surface area contributed by atoms with E-state index in [4.69, 9.17) is 9.84 Å². The Kier molecular flexibility index (Phi) is 6.19. The van der Waals surface area contributed by atoms with Crippen LogP contribution in [0.1, 0.15) is 13.3 Å². The van der Waals surface area contributed by atoms with Crippen molar-refractivity contribution < 1.29 is 25.2 Å². The van der Waals surface area contributed by atoms with Crippen LogP contribution in [0.25, 0.3) is 0 Å². The number of aliphatic hydroxyl groups is 4. The third-order valence-electron chi connectivity index (χ3n) is 1.99. The second kappa shape index (κ2) is 6.28. The van der Waals surface area contributed by atoms with Crippen LogP contribution in [0, 0.1) is 0 Å². The Morgan fingerprint density at radius 3 is 2.00 bits per heavy atom. The van der Waals surface area contributed by atoms with Crippen LogP contribution in [0.4, 0.5) is 0 Å². The van der Waals surface area contributed by atoms with E-state index < -0.39 is 31.0 Å². The molecule has 13 heavy (non-hydrogen) atoms. The van der Waals surface area contributed by atoms with Gasteiger partial charge in [0.2, 0.25) is 0 Å². The number of rotatable bonds is 6. The predicted octanol–water partition coefficient (Wildman–Crippen LogP) is -1.51. The van der Waals surface area contributed by atoms with Gasteiger partial charge in [-0.25, -0.2) is 0 Å². The van der Waals surface area contributed by atoms with E-state index in [-0.39, 0.29) is 0 Å². The van der Waals surface area contributed by atoms with Gasteiger partial charge in [-0.1, -0.05) is 6.92 Å². The molecule has 0 radical (unpaired) electrons. The van der Waals surface area contributed by atoms with Gasteiger partial charge in [0.15, 0.2) is 0 Å². The van der Waals surface area contributed by atoms with E-state index in [2.05, 4.69) is 0 Å². The lowest BCUT2D eigenvalue weighted by molar-refractivity contribution is -0.130. The van der Waals surface area contributed by atoms with E-state index >= 15 is 0 Å². The molecule has 0 aromatic rings. The van der Waals surface area contributed by atoms with E-state index in [1.807, 2.05) is 0 Å². The molecular weight excluding hydrogens is 176 g/mol. The molecule has 0 aromatic carbocycles. The molecule has 0 rings (SSSR count). The van der Waals surface area contributed by atoms with Gasteiger partial charge in [-0.2, -0.15) is 0 Å². The van der Waals surface area contributed by atoms with Gasteiger partial charge in [-0.3, -0.25) is 0 Å². The molecule has 4 atom stereocenters. The zero-order valence-corrected chi connectivity index (χ0v) is 7.92. The highest BCUT2D eigenvalue weighted by Crippen LogP contribution is 2.10. The zero-order chi connectivity index (χ0) is 10.4. The summed E-state index contributed by atoms with van der Waals surface area (Å²) in [7, 11) is 1.30. The predicted molar refractivity (Wildman–Crippen MR) is 46.2 cm³/mol. The number of methoxy groups -OCH3 is 1. The van der Waals surface area contributed by atoms with E-state index in [0.29, 0.717) is 6.42 Å². The number of hydrogen-bond donors (Lipinski definition) is 4. The van der Waals surface area contributed by atoms with Gasteiger partial charge in [0, 0.05) is 7.11 Å². The lowest BCUT2D eigenvalue weighted by Crippen LogP contribution is -2.46. The van der Waals surface area contributed by atoms with Crippen LogP contribution in [0.2, 0.25) is 0 Å². The van der Waals surface area contributed by atoms with E-state index in [1.165, 1.54) is 7.11 Å². The standard InChI is InChI=1S/C8H18O5/c1-3-5(10)7(12)8(13-2)6(11)4-9/h5-12H,3-4H2,1-2H3. The smallest absolute Gasteiger partial charge is 0.114 e. The normalized spacial score (nSPS) is 20.8. The largest absolute Gasteiger partial charge is 0.394 e. The highest BCUT2D eigenvalue weighted by atomic mass is 16.5. The van der Waals surface area contributed by atoms with Gasteiger partial charge in [-0.15, -0.1) is 0 Å². The molecule has 0 aliphatic rings. The minimum atomic E-state index is -1.18. The summed E-state index contributed by atoms with van der Waals surface area (Å²) < 4.78 is 4.77. The number of hydrogen-bond acceptors (Lipinski definition) is 5. The van der Waals surface area contributed by atoms with E-state index in [9.17, 15) is 15.3 Å². The lowest BCUT2D eigenvalue weighted by Gasteiger charge is -2.27. The van der Waals surface area contributed by atoms with Crippen LogP contribution in [0.5, 0.6) is 0 Å². The van der Waals surface area contributed by atoms with Gasteiger partial charge >= 0.3 is 0 Å². The molecule has 4 unspecified atom stereocenters. The third kappa shape index (κ3) is 3.58. The quantitative estimate of drug-likeness (QED) is 0.412. The fourth-order valence-corrected chi connectivity index (χ4v) is 1.09. The molecule has 0 saturated carbocycles. The van der Waals surface area contributed by atoms with Crippen molar-refractivity contribution in [3.8, 4) is 0 Å². The molecule has 0 aromatic heterocycles. The van der Waals surface area contributed by atoms with Gasteiger partial charge in [0.1, 0.15) is 18.3 Å². The lowest BCUT2D eigenvalue weighted by atomic mass is 10.0. The SMILES string of the molecule is CCC(O)C(O)C(OC)C(O)CO. The summed E-state index contributed by atoms with van der Waals surface area (Å²) in [5.41, 5.74) is 0. The average Bonchev–Trinajstić information content (AvgIpc) is 2.17. The molecule has 5 heteroatoms. The Labute approximate surface area is 77.6 Å². The van der Waals surface area contributed by atoms with Crippen LogP contribution in [-0.2, 0) is 4.74 Å². The first kappa shape index (κ1) is 12.8. The van der Waals surface area contributed by atoms with Gasteiger partial charge < -0.3 is 25.2 Å². The molecule has 4 N–H and O–H groups in total. The highest BCUT2D eigenvalue weighted by Gasteiger charge is 2.30. The van der Waals surface area contributed by atoms with Gasteiger partial charge in [0.25, 0.3) is 0 Å². The Morgan fingerprint density at radius 1 is 1.15 bits per heavy atom. The van der Waals surface area contributed by atoms with Crippen LogP contribution in [0.3, 0.4) is 0 Å². The minimum absolute atomic E-state index is 0.360. The van der Waals surface area contributed by atoms with Crippen molar-refractivity contribution in [1.82, 2.24) is 0 Å². The van der Waals surface area contributed by atoms with Crippen LogP contribution in [0.15, 0.2) is 0 Å².